The van der Waals surface area contributed by atoms with E-state index in [1.54, 1.807) is 97.1 Å². The van der Waals surface area contributed by atoms with Crippen LogP contribution in [0.3, 0.4) is 0 Å². The van der Waals surface area contributed by atoms with Crippen molar-refractivity contribution in [3.63, 3.8) is 0 Å². The van der Waals surface area contributed by atoms with Crippen molar-refractivity contribution in [2.45, 2.75) is 52.4 Å². The highest BCUT2D eigenvalue weighted by Crippen LogP contribution is 2.40. The third-order valence-electron chi connectivity index (χ3n) is 8.92. The molecule has 48 heavy (non-hydrogen) atoms. The molecule has 10 heteroatoms. The molecule has 244 valence electrons. The first kappa shape index (κ1) is 32.3. The van der Waals surface area contributed by atoms with E-state index in [0.29, 0.717) is 35.0 Å². The molecule has 4 aromatic carbocycles. The van der Waals surface area contributed by atoms with Crippen molar-refractivity contribution in [3.05, 3.63) is 97.1 Å². The molecule has 2 saturated heterocycles. The number of hydrogen-bond acceptors (Lipinski definition) is 6. The number of unbranched alkanes of at least 4 members (excludes halogenated alkanes) is 2. The zero-order valence-electron chi connectivity index (χ0n) is 26.9. The zero-order chi connectivity index (χ0) is 33.9. The van der Waals surface area contributed by atoms with Gasteiger partial charge in [0.2, 0.25) is 23.6 Å². The van der Waals surface area contributed by atoms with E-state index in [1.165, 1.54) is 0 Å². The monoisotopic (exact) mass is 644 g/mol. The van der Waals surface area contributed by atoms with Gasteiger partial charge in [-0.25, -0.2) is 29.2 Å². The van der Waals surface area contributed by atoms with Crippen molar-refractivity contribution in [1.82, 2.24) is 0 Å². The third-order valence-corrected chi connectivity index (χ3v) is 8.92. The van der Waals surface area contributed by atoms with Gasteiger partial charge in [0, 0.05) is 10.8 Å². The summed E-state index contributed by atoms with van der Waals surface area (Å²) in [5, 5.41) is 0.837. The predicted molar refractivity (Wildman–Crippen MR) is 184 cm³/mol. The Labute approximate surface area is 278 Å². The highest BCUT2D eigenvalue weighted by atomic mass is 16.2. The number of imide groups is 4. The van der Waals surface area contributed by atoms with Gasteiger partial charge in [0.1, 0.15) is 11.8 Å². The molecule has 2 heterocycles. The summed E-state index contributed by atoms with van der Waals surface area (Å²) in [4.78, 5) is 87.8. The molecule has 0 aliphatic carbocycles. The van der Waals surface area contributed by atoms with Gasteiger partial charge in [-0.3, -0.25) is 19.2 Å². The normalized spacial score (nSPS) is 18.8. The number of nitrogens with zero attached hydrogens (tertiary/aromatic N) is 4. The van der Waals surface area contributed by atoms with Gasteiger partial charge in [-0.1, -0.05) is 100 Å². The first-order valence-corrected chi connectivity index (χ1v) is 16.4. The molecule has 2 unspecified atom stereocenters. The number of fused-ring (bicyclic) bond motifs is 1. The van der Waals surface area contributed by atoms with Gasteiger partial charge in [-0.2, -0.15) is 0 Å². The van der Waals surface area contributed by atoms with Crippen molar-refractivity contribution in [1.29, 1.82) is 0 Å². The number of urea groups is 2. The van der Waals surface area contributed by atoms with Crippen LogP contribution in [-0.2, 0) is 19.2 Å². The molecule has 8 amide bonds. The van der Waals surface area contributed by atoms with Gasteiger partial charge < -0.3 is 0 Å². The van der Waals surface area contributed by atoms with Crippen LogP contribution in [0.2, 0.25) is 0 Å². The van der Waals surface area contributed by atoms with Gasteiger partial charge >= 0.3 is 12.1 Å². The fourth-order valence-electron chi connectivity index (χ4n) is 6.46. The molecule has 2 atom stereocenters. The topological polar surface area (TPSA) is 115 Å². The van der Waals surface area contributed by atoms with Gasteiger partial charge in [-0.15, -0.1) is 0 Å². The van der Waals surface area contributed by atoms with E-state index in [0.717, 1.165) is 32.4 Å². The zero-order valence-corrected chi connectivity index (χ0v) is 26.9. The van der Waals surface area contributed by atoms with Crippen LogP contribution in [0.5, 0.6) is 0 Å². The molecule has 0 N–H and O–H groups in total. The van der Waals surface area contributed by atoms with Gasteiger partial charge in [-0.05, 0) is 49.2 Å². The number of anilines is 4. The van der Waals surface area contributed by atoms with Crippen molar-refractivity contribution in [2.75, 3.05) is 19.6 Å². The Hall–Kier alpha value is -5.64. The molecule has 0 bridgehead atoms. The Bertz CT molecular complexity index is 1770. The van der Waals surface area contributed by atoms with Crippen LogP contribution in [0.4, 0.5) is 32.3 Å². The van der Waals surface area contributed by atoms with E-state index in [9.17, 15) is 28.8 Å². The van der Waals surface area contributed by atoms with Crippen LogP contribution in [0.15, 0.2) is 97.1 Å². The van der Waals surface area contributed by atoms with Crippen LogP contribution in [-0.4, -0.2) is 35.7 Å². The number of amides is 8. The number of hydrogen-bond donors (Lipinski definition) is 0. The molecule has 2 fully saturated rings. The average Bonchev–Trinajstić information content (AvgIpc) is 3.09. The quantitative estimate of drug-likeness (QED) is 0.166. The van der Waals surface area contributed by atoms with Gasteiger partial charge in [0.05, 0.1) is 22.7 Å². The maximum atomic E-state index is 14.1. The second-order valence-electron chi connectivity index (χ2n) is 12.0. The Balaban J connectivity index is 1.49. The Morgan fingerprint density at radius 2 is 0.792 bits per heavy atom. The summed E-state index contributed by atoms with van der Waals surface area (Å²) >= 11 is 0. The van der Waals surface area contributed by atoms with E-state index in [-0.39, 0.29) is 24.2 Å². The minimum absolute atomic E-state index is 0.217. The first-order valence-electron chi connectivity index (χ1n) is 16.4. The molecule has 0 saturated carbocycles. The van der Waals surface area contributed by atoms with Gasteiger partial charge in [0.25, 0.3) is 0 Å². The van der Waals surface area contributed by atoms with Crippen LogP contribution in [0.25, 0.3) is 10.8 Å². The van der Waals surface area contributed by atoms with Crippen LogP contribution >= 0.6 is 0 Å². The third kappa shape index (κ3) is 5.53. The van der Waals surface area contributed by atoms with Crippen molar-refractivity contribution >= 4 is 69.2 Å². The maximum absolute atomic E-state index is 14.1. The summed E-state index contributed by atoms with van der Waals surface area (Å²) in [5.74, 6) is -4.55. The van der Waals surface area contributed by atoms with Crippen LogP contribution in [0, 0.1) is 11.8 Å². The van der Waals surface area contributed by atoms with Crippen molar-refractivity contribution in [2.24, 2.45) is 11.8 Å². The van der Waals surface area contributed by atoms with E-state index in [4.69, 9.17) is 0 Å². The molecular formula is C38H36N4O6. The fraction of sp³-hybridized carbons (Fsp3) is 0.263. The summed E-state index contributed by atoms with van der Waals surface area (Å²) in [5.41, 5.74) is 1.13. The lowest BCUT2D eigenvalue weighted by atomic mass is 9.94. The van der Waals surface area contributed by atoms with E-state index in [1.807, 2.05) is 13.8 Å². The summed E-state index contributed by atoms with van der Waals surface area (Å²) in [6.07, 6.45) is 3.29. The molecule has 2 aliphatic rings. The largest absolute Gasteiger partial charge is 0.342 e. The summed E-state index contributed by atoms with van der Waals surface area (Å²) < 4.78 is 0. The first-order chi connectivity index (χ1) is 23.3. The Morgan fingerprint density at radius 1 is 0.438 bits per heavy atom. The number of benzene rings is 4. The van der Waals surface area contributed by atoms with Crippen molar-refractivity contribution < 1.29 is 28.8 Å². The smallest absolute Gasteiger partial charge is 0.273 e. The number of para-hydroxylation sites is 2. The SMILES string of the molecule is CCCCC1C(=O)N(c2ccccc2)C(=O)N(c2cccc3c(N4C(=O)C(CCCC)C(=O)N(c5ccccc5)C4=O)cccc23)C1=O. The summed E-state index contributed by atoms with van der Waals surface area (Å²) in [6, 6.07) is 25.3. The van der Waals surface area contributed by atoms with Crippen LogP contribution in [0.1, 0.15) is 52.4 Å². The molecule has 10 nitrogen and oxygen atoms in total. The van der Waals surface area contributed by atoms with E-state index >= 15 is 0 Å². The highest BCUT2D eigenvalue weighted by Gasteiger charge is 2.49. The van der Waals surface area contributed by atoms with Crippen molar-refractivity contribution in [3.8, 4) is 0 Å². The number of carbonyl (C=O) groups is 6. The van der Waals surface area contributed by atoms with Gasteiger partial charge in [0.15, 0.2) is 0 Å². The highest BCUT2D eigenvalue weighted by molar-refractivity contribution is 6.39. The van der Waals surface area contributed by atoms with E-state index in [2.05, 4.69) is 0 Å². The van der Waals surface area contributed by atoms with E-state index < -0.39 is 47.5 Å². The molecule has 0 radical (unpaired) electrons. The predicted octanol–water partition coefficient (Wildman–Crippen LogP) is 7.45. The lowest BCUT2D eigenvalue weighted by molar-refractivity contribution is -0.134. The Morgan fingerprint density at radius 3 is 1.15 bits per heavy atom. The second-order valence-corrected chi connectivity index (χ2v) is 12.0. The molecule has 2 aliphatic heterocycles. The molecule has 4 aromatic rings. The Kier molecular flexibility index (Phi) is 9.16. The summed E-state index contributed by atoms with van der Waals surface area (Å²) in [6.45, 7) is 3.93. The average molecular weight is 645 g/mol. The number of rotatable bonds is 10. The molecule has 0 aromatic heterocycles. The minimum atomic E-state index is -1.07. The number of carbonyl (C=O) groups excluding carboxylic acids is 6. The second kappa shape index (κ2) is 13.6. The maximum Gasteiger partial charge on any atom is 0.342 e. The lowest BCUT2D eigenvalue weighted by Gasteiger charge is -2.38. The minimum Gasteiger partial charge on any atom is -0.273 e. The fourth-order valence-corrected chi connectivity index (χ4v) is 6.46. The van der Waals surface area contributed by atoms with Crippen LogP contribution < -0.4 is 19.6 Å². The lowest BCUT2D eigenvalue weighted by Crippen LogP contribution is -2.60. The number of barbiturate groups is 2. The molecular weight excluding hydrogens is 608 g/mol. The standard InChI is InChI=1S/C38H36N4O6/c1-3-5-19-29-33(43)39(25-15-9-7-10-16-25)37(47)41(35(29)45)31-23-13-22-28-27(31)21-14-24-32(28)42-36(46)30(20-6-4-2)34(44)40(38(42)48)26-17-11-8-12-18-26/h7-18,21-24,29-30H,3-6,19-20H2,1-2H3. The molecule has 6 rings (SSSR count). The molecule has 0 spiro atoms. The summed E-state index contributed by atoms with van der Waals surface area (Å²) in [7, 11) is 0.